The van der Waals surface area contributed by atoms with E-state index in [1.165, 1.54) is 0 Å². The highest BCUT2D eigenvalue weighted by Gasteiger charge is 2.32. The Bertz CT molecular complexity index is 450. The van der Waals surface area contributed by atoms with Crippen LogP contribution < -0.4 is 4.72 Å². The molecule has 1 rings (SSSR count). The minimum atomic E-state index is -3.33. The molecular weight excluding hydrogens is 308 g/mol. The lowest BCUT2D eigenvalue weighted by Crippen LogP contribution is -2.47. The molecule has 0 aromatic carbocycles. The van der Waals surface area contributed by atoms with Crippen molar-refractivity contribution in [3.8, 4) is 0 Å². The summed E-state index contributed by atoms with van der Waals surface area (Å²) >= 11 is 0. The van der Waals surface area contributed by atoms with Gasteiger partial charge >= 0.3 is 6.09 Å². The SMILES string of the molecule is COCCCNS(=O)(=O)C1CCN(C(=O)OC(C)(C)C)CC1. The van der Waals surface area contributed by atoms with E-state index in [1.54, 1.807) is 12.0 Å². The van der Waals surface area contributed by atoms with Crippen LogP contribution in [0.4, 0.5) is 4.79 Å². The molecule has 0 aromatic rings. The van der Waals surface area contributed by atoms with Crippen LogP contribution in [0.25, 0.3) is 0 Å². The summed E-state index contributed by atoms with van der Waals surface area (Å²) in [5.74, 6) is 0. The second kappa shape index (κ2) is 8.12. The summed E-state index contributed by atoms with van der Waals surface area (Å²) in [7, 11) is -1.75. The van der Waals surface area contributed by atoms with Gasteiger partial charge in [0, 0.05) is 33.4 Å². The molecule has 1 heterocycles. The highest BCUT2D eigenvalue weighted by molar-refractivity contribution is 7.90. The largest absolute Gasteiger partial charge is 0.444 e. The van der Waals surface area contributed by atoms with Crippen molar-refractivity contribution in [1.29, 1.82) is 0 Å². The lowest BCUT2D eigenvalue weighted by Gasteiger charge is -2.33. The van der Waals surface area contributed by atoms with Crippen molar-refractivity contribution >= 4 is 16.1 Å². The van der Waals surface area contributed by atoms with Crippen molar-refractivity contribution in [2.75, 3.05) is 33.4 Å². The Morgan fingerprint density at radius 1 is 1.27 bits per heavy atom. The van der Waals surface area contributed by atoms with Gasteiger partial charge in [0.05, 0.1) is 5.25 Å². The average Bonchev–Trinajstić information content (AvgIpc) is 2.42. The van der Waals surface area contributed by atoms with Crippen LogP contribution in [0.15, 0.2) is 0 Å². The third kappa shape index (κ3) is 6.50. The van der Waals surface area contributed by atoms with E-state index in [0.29, 0.717) is 45.5 Å². The van der Waals surface area contributed by atoms with Gasteiger partial charge in [0.1, 0.15) is 5.60 Å². The fourth-order valence-electron chi connectivity index (χ4n) is 2.22. The van der Waals surface area contributed by atoms with Crippen molar-refractivity contribution in [3.63, 3.8) is 0 Å². The number of nitrogens with one attached hydrogen (secondary N) is 1. The van der Waals surface area contributed by atoms with Gasteiger partial charge in [-0.1, -0.05) is 0 Å². The van der Waals surface area contributed by atoms with Gasteiger partial charge in [0.2, 0.25) is 10.0 Å². The standard InChI is InChI=1S/C14H28N2O5S/c1-14(2,3)21-13(17)16-9-6-12(7-10-16)22(18,19)15-8-5-11-20-4/h12,15H,5-11H2,1-4H3. The molecule has 1 aliphatic heterocycles. The fraction of sp³-hybridized carbons (Fsp3) is 0.929. The van der Waals surface area contributed by atoms with Crippen LogP contribution in [0, 0.1) is 0 Å². The first-order valence-corrected chi connectivity index (χ1v) is 9.15. The molecule has 130 valence electrons. The Kier molecular flexibility index (Phi) is 7.08. The van der Waals surface area contributed by atoms with E-state index < -0.39 is 20.9 Å². The van der Waals surface area contributed by atoms with Gasteiger partial charge in [-0.3, -0.25) is 0 Å². The van der Waals surface area contributed by atoms with Crippen LogP contribution in [-0.2, 0) is 19.5 Å². The molecule has 0 saturated carbocycles. The van der Waals surface area contributed by atoms with Gasteiger partial charge in [-0.05, 0) is 40.0 Å². The molecule has 0 spiro atoms. The molecule has 8 heteroatoms. The van der Waals surface area contributed by atoms with Crippen LogP contribution in [0.3, 0.4) is 0 Å². The molecule has 0 aliphatic carbocycles. The molecule has 0 atom stereocenters. The highest BCUT2D eigenvalue weighted by atomic mass is 32.2. The van der Waals surface area contributed by atoms with E-state index in [2.05, 4.69) is 4.72 Å². The van der Waals surface area contributed by atoms with E-state index >= 15 is 0 Å². The fourth-order valence-corrected chi connectivity index (χ4v) is 3.72. The number of methoxy groups -OCH3 is 1. The molecule has 1 fully saturated rings. The van der Waals surface area contributed by atoms with Gasteiger partial charge in [-0.25, -0.2) is 17.9 Å². The Hall–Kier alpha value is -0.860. The van der Waals surface area contributed by atoms with Crippen molar-refractivity contribution in [2.24, 2.45) is 0 Å². The van der Waals surface area contributed by atoms with Crippen molar-refractivity contribution in [1.82, 2.24) is 9.62 Å². The van der Waals surface area contributed by atoms with E-state index in [4.69, 9.17) is 9.47 Å². The number of rotatable bonds is 6. The Morgan fingerprint density at radius 3 is 2.36 bits per heavy atom. The quantitative estimate of drug-likeness (QED) is 0.740. The molecule has 0 bridgehead atoms. The maximum atomic E-state index is 12.2. The first-order chi connectivity index (χ1) is 10.2. The van der Waals surface area contributed by atoms with E-state index in [0.717, 1.165) is 0 Å². The van der Waals surface area contributed by atoms with Gasteiger partial charge < -0.3 is 14.4 Å². The van der Waals surface area contributed by atoms with Crippen molar-refractivity contribution < 1.29 is 22.7 Å². The molecule has 0 radical (unpaired) electrons. The Morgan fingerprint density at radius 2 is 1.86 bits per heavy atom. The zero-order valence-electron chi connectivity index (χ0n) is 13.9. The summed E-state index contributed by atoms with van der Waals surface area (Å²) in [6.45, 7) is 7.14. The van der Waals surface area contributed by atoms with Gasteiger partial charge in [0.15, 0.2) is 0 Å². The summed E-state index contributed by atoms with van der Waals surface area (Å²) in [6, 6.07) is 0. The average molecular weight is 336 g/mol. The molecule has 0 aromatic heterocycles. The van der Waals surface area contributed by atoms with Crippen LogP contribution in [0.2, 0.25) is 0 Å². The first kappa shape index (κ1) is 19.2. The summed E-state index contributed by atoms with van der Waals surface area (Å²) in [4.78, 5) is 13.5. The molecule has 1 saturated heterocycles. The lowest BCUT2D eigenvalue weighted by molar-refractivity contribution is 0.0217. The maximum absolute atomic E-state index is 12.2. The third-order valence-corrected chi connectivity index (χ3v) is 5.32. The topological polar surface area (TPSA) is 84.9 Å². The zero-order valence-corrected chi connectivity index (χ0v) is 14.7. The van der Waals surface area contributed by atoms with Crippen molar-refractivity contribution in [2.45, 2.75) is 50.9 Å². The predicted molar refractivity (Wildman–Crippen MR) is 84.2 cm³/mol. The van der Waals surface area contributed by atoms with Crippen LogP contribution >= 0.6 is 0 Å². The van der Waals surface area contributed by atoms with Crippen LogP contribution in [0.1, 0.15) is 40.0 Å². The normalized spacial score (nSPS) is 17.5. The smallest absolute Gasteiger partial charge is 0.410 e. The second-order valence-corrected chi connectivity index (χ2v) is 8.50. The van der Waals surface area contributed by atoms with Crippen LogP contribution in [0.5, 0.6) is 0 Å². The van der Waals surface area contributed by atoms with E-state index in [-0.39, 0.29) is 6.09 Å². The number of hydrogen-bond acceptors (Lipinski definition) is 5. The number of likely N-dealkylation sites (tertiary alicyclic amines) is 1. The number of amides is 1. The molecule has 0 unspecified atom stereocenters. The highest BCUT2D eigenvalue weighted by Crippen LogP contribution is 2.19. The maximum Gasteiger partial charge on any atom is 0.410 e. The number of ether oxygens (including phenoxy) is 2. The minimum absolute atomic E-state index is 0.377. The molecular formula is C14H28N2O5S. The van der Waals surface area contributed by atoms with E-state index in [1.807, 2.05) is 20.8 Å². The number of piperidine rings is 1. The number of carbonyl (C=O) groups is 1. The third-order valence-electron chi connectivity index (χ3n) is 3.36. The molecule has 22 heavy (non-hydrogen) atoms. The van der Waals surface area contributed by atoms with Crippen LogP contribution in [-0.4, -0.2) is 63.6 Å². The summed E-state index contributed by atoms with van der Waals surface area (Å²) in [5.41, 5.74) is -0.539. The number of nitrogens with zero attached hydrogens (tertiary/aromatic N) is 1. The monoisotopic (exact) mass is 336 g/mol. The number of sulfonamides is 1. The van der Waals surface area contributed by atoms with Gasteiger partial charge in [0.25, 0.3) is 0 Å². The number of hydrogen-bond donors (Lipinski definition) is 1. The minimum Gasteiger partial charge on any atom is -0.444 e. The van der Waals surface area contributed by atoms with E-state index in [9.17, 15) is 13.2 Å². The number of carbonyl (C=O) groups excluding carboxylic acids is 1. The molecule has 1 N–H and O–H groups in total. The lowest BCUT2D eigenvalue weighted by atomic mass is 10.1. The Labute approximate surface area is 133 Å². The zero-order chi connectivity index (χ0) is 16.8. The second-order valence-electron chi connectivity index (χ2n) is 6.45. The van der Waals surface area contributed by atoms with Crippen molar-refractivity contribution in [3.05, 3.63) is 0 Å². The molecule has 1 aliphatic rings. The molecule has 7 nitrogen and oxygen atoms in total. The van der Waals surface area contributed by atoms with Gasteiger partial charge in [-0.15, -0.1) is 0 Å². The summed E-state index contributed by atoms with van der Waals surface area (Å²) < 4.78 is 37.1. The molecule has 1 amide bonds. The Balaban J connectivity index is 2.42. The van der Waals surface area contributed by atoms with Gasteiger partial charge in [-0.2, -0.15) is 0 Å². The first-order valence-electron chi connectivity index (χ1n) is 7.61. The summed E-state index contributed by atoms with van der Waals surface area (Å²) in [5, 5.41) is -0.450. The summed E-state index contributed by atoms with van der Waals surface area (Å²) in [6.07, 6.45) is 1.13. The predicted octanol–water partition coefficient (Wildman–Crippen LogP) is 1.34.